The second-order valence-electron chi connectivity index (χ2n) is 4.98. The normalized spacial score (nSPS) is 12.1. The summed E-state index contributed by atoms with van der Waals surface area (Å²) < 4.78 is 18.5. The number of aliphatic hydroxyl groups excluding tert-OH is 1. The Balaban J connectivity index is 1.69. The van der Waals surface area contributed by atoms with Crippen molar-refractivity contribution in [1.29, 1.82) is 0 Å². The summed E-state index contributed by atoms with van der Waals surface area (Å²) in [5, 5.41) is 10.0. The highest BCUT2D eigenvalue weighted by molar-refractivity contribution is 7.19. The van der Waals surface area contributed by atoms with E-state index in [0.717, 1.165) is 15.2 Å². The van der Waals surface area contributed by atoms with Crippen LogP contribution >= 0.6 is 11.3 Å². The number of hydrogen-bond acceptors (Lipinski definition) is 6. The standard InChI is InChI=1S/C18H13FN3O2S/c19-8-14(23)11-24-15-5-6-16-17(7-15)25-18(22-16)4-2-1-3-13-9-20-12-21-10-13/h2,4-7,9-10,14,23H,8,11H2/b4-2+. The summed E-state index contributed by atoms with van der Waals surface area (Å²) >= 11 is 1.49. The molecule has 3 rings (SSSR count). The molecule has 2 heterocycles. The molecule has 0 saturated carbocycles. The average Bonchev–Trinajstić information content (AvgIpc) is 3.06. The van der Waals surface area contributed by atoms with Gasteiger partial charge in [0.25, 0.3) is 0 Å². The Morgan fingerprint density at radius 1 is 1.36 bits per heavy atom. The molecule has 0 bridgehead atoms. The number of hydrogen-bond donors (Lipinski definition) is 1. The molecule has 7 heteroatoms. The van der Waals surface area contributed by atoms with E-state index >= 15 is 0 Å². The fraction of sp³-hybridized carbons (Fsp3) is 0.167. The SMILES string of the molecule is OC(CF)COc1ccc2nc(/C=C/C#Cc3cn[c]nc3)sc2c1. The van der Waals surface area contributed by atoms with Crippen LogP contribution in [0.4, 0.5) is 4.39 Å². The van der Waals surface area contributed by atoms with E-state index in [1.807, 2.05) is 18.2 Å². The highest BCUT2D eigenvalue weighted by Crippen LogP contribution is 2.27. The first-order valence-corrected chi connectivity index (χ1v) is 8.20. The molecular weight excluding hydrogens is 341 g/mol. The number of thiazole rings is 1. The highest BCUT2D eigenvalue weighted by Gasteiger charge is 2.06. The zero-order chi connectivity index (χ0) is 17.5. The van der Waals surface area contributed by atoms with E-state index in [-0.39, 0.29) is 6.61 Å². The second-order valence-corrected chi connectivity index (χ2v) is 6.04. The van der Waals surface area contributed by atoms with Gasteiger partial charge < -0.3 is 9.84 Å². The van der Waals surface area contributed by atoms with Gasteiger partial charge >= 0.3 is 0 Å². The number of aliphatic hydroxyl groups is 1. The minimum Gasteiger partial charge on any atom is -0.491 e. The lowest BCUT2D eigenvalue weighted by molar-refractivity contribution is 0.0842. The zero-order valence-electron chi connectivity index (χ0n) is 13.0. The molecule has 1 aromatic carbocycles. The van der Waals surface area contributed by atoms with Crippen LogP contribution in [0.5, 0.6) is 5.75 Å². The molecule has 5 nitrogen and oxygen atoms in total. The van der Waals surface area contributed by atoms with Gasteiger partial charge in [-0.1, -0.05) is 11.8 Å². The van der Waals surface area contributed by atoms with Crippen LogP contribution in [0.3, 0.4) is 0 Å². The Morgan fingerprint density at radius 3 is 3.00 bits per heavy atom. The molecule has 0 saturated heterocycles. The van der Waals surface area contributed by atoms with Gasteiger partial charge in [0.1, 0.15) is 30.1 Å². The van der Waals surface area contributed by atoms with Crippen LogP contribution in [-0.2, 0) is 0 Å². The predicted molar refractivity (Wildman–Crippen MR) is 93.9 cm³/mol. The number of benzene rings is 1. The number of halogens is 1. The lowest BCUT2D eigenvalue weighted by Crippen LogP contribution is -2.19. The quantitative estimate of drug-likeness (QED) is 0.714. The number of ether oxygens (including phenoxy) is 1. The van der Waals surface area contributed by atoms with Crippen LogP contribution in [-0.4, -0.2) is 39.4 Å². The number of aromatic nitrogens is 3. The molecule has 0 aliphatic carbocycles. The number of allylic oxidation sites excluding steroid dienone is 1. The predicted octanol–water partition coefficient (Wildman–Crippen LogP) is 2.66. The Bertz CT molecular complexity index is 932. The average molecular weight is 354 g/mol. The maximum Gasteiger partial charge on any atom is 0.197 e. The van der Waals surface area contributed by atoms with Gasteiger partial charge in [0, 0.05) is 12.4 Å². The van der Waals surface area contributed by atoms with Crippen molar-refractivity contribution in [2.24, 2.45) is 0 Å². The van der Waals surface area contributed by atoms with Gasteiger partial charge in [0.05, 0.1) is 15.8 Å². The van der Waals surface area contributed by atoms with E-state index < -0.39 is 12.8 Å². The number of fused-ring (bicyclic) bond motifs is 1. The van der Waals surface area contributed by atoms with Crippen molar-refractivity contribution in [2.75, 3.05) is 13.3 Å². The van der Waals surface area contributed by atoms with E-state index in [4.69, 9.17) is 4.74 Å². The third-order valence-corrected chi connectivity index (χ3v) is 4.03. The highest BCUT2D eigenvalue weighted by atomic mass is 32.1. The summed E-state index contributed by atoms with van der Waals surface area (Å²) in [6.45, 7) is -0.906. The monoisotopic (exact) mass is 354 g/mol. The zero-order valence-corrected chi connectivity index (χ0v) is 13.8. The van der Waals surface area contributed by atoms with Crippen molar-refractivity contribution < 1.29 is 14.2 Å². The molecule has 0 aliphatic rings. The Morgan fingerprint density at radius 2 is 2.20 bits per heavy atom. The minimum absolute atomic E-state index is 0.0792. The number of rotatable bonds is 5. The first-order valence-electron chi connectivity index (χ1n) is 7.38. The van der Waals surface area contributed by atoms with Crippen molar-refractivity contribution in [3.05, 3.63) is 53.6 Å². The van der Waals surface area contributed by atoms with Crippen LogP contribution in [0, 0.1) is 18.2 Å². The van der Waals surface area contributed by atoms with Crippen molar-refractivity contribution in [3.63, 3.8) is 0 Å². The maximum absolute atomic E-state index is 12.2. The number of alkyl halides is 1. The molecule has 0 amide bonds. The fourth-order valence-electron chi connectivity index (χ4n) is 1.89. The van der Waals surface area contributed by atoms with Crippen molar-refractivity contribution in [3.8, 4) is 17.6 Å². The molecule has 2 aromatic heterocycles. The first-order chi connectivity index (χ1) is 12.2. The van der Waals surface area contributed by atoms with Gasteiger partial charge in [-0.15, -0.1) is 11.3 Å². The van der Waals surface area contributed by atoms with Gasteiger partial charge in [-0.2, -0.15) is 0 Å². The summed E-state index contributed by atoms with van der Waals surface area (Å²) in [5.41, 5.74) is 1.55. The fourth-order valence-corrected chi connectivity index (χ4v) is 2.79. The molecule has 1 unspecified atom stereocenters. The molecular formula is C18H13FN3O2S. The van der Waals surface area contributed by atoms with E-state index in [1.165, 1.54) is 11.3 Å². The lowest BCUT2D eigenvalue weighted by atomic mass is 10.3. The lowest BCUT2D eigenvalue weighted by Gasteiger charge is -2.08. The van der Waals surface area contributed by atoms with Gasteiger partial charge in [-0.05, 0) is 30.4 Å². The Hall–Kier alpha value is -2.82. The molecule has 1 N–H and O–H groups in total. The van der Waals surface area contributed by atoms with E-state index in [0.29, 0.717) is 11.3 Å². The number of nitrogens with zero attached hydrogens (tertiary/aromatic N) is 3. The first kappa shape index (κ1) is 17.0. The van der Waals surface area contributed by atoms with Crippen LogP contribution < -0.4 is 4.74 Å². The van der Waals surface area contributed by atoms with Crippen LogP contribution in [0.2, 0.25) is 0 Å². The van der Waals surface area contributed by atoms with Crippen LogP contribution in [0.15, 0.2) is 36.7 Å². The molecule has 0 fully saturated rings. The summed E-state index contributed by atoms with van der Waals surface area (Å²) in [7, 11) is 0. The van der Waals surface area contributed by atoms with Gasteiger partial charge in [-0.3, -0.25) is 0 Å². The van der Waals surface area contributed by atoms with Crippen molar-refractivity contribution >= 4 is 27.6 Å². The van der Waals surface area contributed by atoms with E-state index in [1.54, 1.807) is 24.5 Å². The van der Waals surface area contributed by atoms with E-state index in [9.17, 15) is 9.50 Å². The van der Waals surface area contributed by atoms with E-state index in [2.05, 4.69) is 33.1 Å². The molecule has 0 aliphatic heterocycles. The largest absolute Gasteiger partial charge is 0.491 e. The van der Waals surface area contributed by atoms with Gasteiger partial charge in [-0.25, -0.2) is 19.3 Å². The third-order valence-electron chi connectivity index (χ3n) is 3.05. The molecule has 1 radical (unpaired) electrons. The minimum atomic E-state index is -1.11. The van der Waals surface area contributed by atoms with Crippen molar-refractivity contribution in [1.82, 2.24) is 15.0 Å². The van der Waals surface area contributed by atoms with Crippen LogP contribution in [0.25, 0.3) is 16.3 Å². The van der Waals surface area contributed by atoms with Gasteiger partial charge in [0.2, 0.25) is 0 Å². The topological polar surface area (TPSA) is 68.1 Å². The molecule has 125 valence electrons. The molecule has 3 aromatic rings. The molecule has 0 spiro atoms. The maximum atomic E-state index is 12.2. The molecule has 1 atom stereocenters. The summed E-state index contributed by atoms with van der Waals surface area (Å²) in [6.07, 6.45) is 8.05. The van der Waals surface area contributed by atoms with Crippen LogP contribution in [0.1, 0.15) is 10.6 Å². The smallest absolute Gasteiger partial charge is 0.197 e. The van der Waals surface area contributed by atoms with Crippen molar-refractivity contribution in [2.45, 2.75) is 6.10 Å². The molecule has 25 heavy (non-hydrogen) atoms. The summed E-state index contributed by atoms with van der Waals surface area (Å²) in [6, 6.07) is 5.38. The summed E-state index contributed by atoms with van der Waals surface area (Å²) in [5.74, 6) is 6.38. The second kappa shape index (κ2) is 8.33. The van der Waals surface area contributed by atoms with Gasteiger partial charge in [0.15, 0.2) is 6.33 Å². The Labute approximate surface area is 147 Å². The summed E-state index contributed by atoms with van der Waals surface area (Å²) in [4.78, 5) is 12.0. The third kappa shape index (κ3) is 4.83. The Kier molecular flexibility index (Phi) is 5.67.